The van der Waals surface area contributed by atoms with Crippen molar-refractivity contribution in [2.75, 3.05) is 26.8 Å². The van der Waals surface area contributed by atoms with Crippen molar-refractivity contribution in [2.45, 2.75) is 58.2 Å². The molecule has 0 saturated heterocycles. The Morgan fingerprint density at radius 1 is 1.31 bits per heavy atom. The van der Waals surface area contributed by atoms with E-state index in [-0.39, 0.29) is 0 Å². The van der Waals surface area contributed by atoms with Gasteiger partial charge in [0, 0.05) is 31.8 Å². The zero-order valence-corrected chi connectivity index (χ0v) is 11.3. The molecule has 0 radical (unpaired) electrons. The minimum absolute atomic E-state index is 0.603. The summed E-state index contributed by atoms with van der Waals surface area (Å²) in [4.78, 5) is 2.53. The van der Waals surface area contributed by atoms with E-state index in [0.29, 0.717) is 12.1 Å². The Kier molecular flexibility index (Phi) is 6.32. The number of nitrogens with one attached hydrogen (secondary N) is 1. The largest absolute Gasteiger partial charge is 0.383 e. The molecule has 0 spiro atoms. The van der Waals surface area contributed by atoms with Crippen molar-refractivity contribution < 1.29 is 4.74 Å². The quantitative estimate of drug-likeness (QED) is 0.652. The van der Waals surface area contributed by atoms with Crippen LogP contribution in [0, 0.1) is 0 Å². The summed E-state index contributed by atoms with van der Waals surface area (Å²) < 4.78 is 5.17. The van der Waals surface area contributed by atoms with Crippen LogP contribution >= 0.6 is 0 Å². The molecule has 3 heteroatoms. The third kappa shape index (κ3) is 5.28. The summed E-state index contributed by atoms with van der Waals surface area (Å²) in [6.45, 7) is 9.88. The van der Waals surface area contributed by atoms with Crippen LogP contribution in [0.4, 0.5) is 0 Å². The highest BCUT2D eigenvalue weighted by Crippen LogP contribution is 2.18. The average molecular weight is 228 g/mol. The zero-order chi connectivity index (χ0) is 12.0. The molecule has 1 atom stereocenters. The third-order valence-corrected chi connectivity index (χ3v) is 3.36. The smallest absolute Gasteiger partial charge is 0.0589 e. The SMILES string of the molecule is COCCN(C(C)C)C(C)CCNC1CC1. The molecule has 1 rings (SSSR count). The molecule has 1 aliphatic carbocycles. The topological polar surface area (TPSA) is 24.5 Å². The Bertz CT molecular complexity index is 181. The second-order valence-corrected chi connectivity index (χ2v) is 5.19. The minimum atomic E-state index is 0.603. The maximum atomic E-state index is 5.17. The van der Waals surface area contributed by atoms with Crippen LogP contribution in [0.3, 0.4) is 0 Å². The molecule has 16 heavy (non-hydrogen) atoms. The Morgan fingerprint density at radius 2 is 2.00 bits per heavy atom. The van der Waals surface area contributed by atoms with Crippen molar-refractivity contribution in [3.05, 3.63) is 0 Å². The molecule has 0 aromatic heterocycles. The van der Waals surface area contributed by atoms with Crippen molar-refractivity contribution >= 4 is 0 Å². The molecule has 3 nitrogen and oxygen atoms in total. The summed E-state index contributed by atoms with van der Waals surface area (Å²) in [6.07, 6.45) is 4.00. The molecule has 96 valence electrons. The first-order valence-electron chi connectivity index (χ1n) is 6.63. The van der Waals surface area contributed by atoms with E-state index in [1.54, 1.807) is 7.11 Å². The molecule has 0 aromatic carbocycles. The summed E-state index contributed by atoms with van der Waals surface area (Å²) in [6, 6.07) is 2.08. The van der Waals surface area contributed by atoms with E-state index in [9.17, 15) is 0 Å². The number of methoxy groups -OCH3 is 1. The van der Waals surface area contributed by atoms with Crippen LogP contribution in [0.25, 0.3) is 0 Å². The number of hydrogen-bond acceptors (Lipinski definition) is 3. The fourth-order valence-corrected chi connectivity index (χ4v) is 2.13. The molecule has 0 bridgehead atoms. The third-order valence-electron chi connectivity index (χ3n) is 3.36. The van der Waals surface area contributed by atoms with Gasteiger partial charge in [-0.2, -0.15) is 0 Å². The van der Waals surface area contributed by atoms with Crippen molar-refractivity contribution in [3.8, 4) is 0 Å². The van der Waals surface area contributed by atoms with Gasteiger partial charge in [0.1, 0.15) is 0 Å². The second-order valence-electron chi connectivity index (χ2n) is 5.19. The molecule has 0 aromatic rings. The van der Waals surface area contributed by atoms with E-state index in [2.05, 4.69) is 31.0 Å². The highest BCUT2D eigenvalue weighted by Gasteiger charge is 2.21. The lowest BCUT2D eigenvalue weighted by Gasteiger charge is -2.32. The molecule has 0 aliphatic heterocycles. The van der Waals surface area contributed by atoms with Crippen LogP contribution < -0.4 is 5.32 Å². The number of rotatable bonds is 9. The molecule has 0 heterocycles. The van der Waals surface area contributed by atoms with Crippen molar-refractivity contribution in [1.82, 2.24) is 10.2 Å². The van der Waals surface area contributed by atoms with Crippen molar-refractivity contribution in [2.24, 2.45) is 0 Å². The second kappa shape index (κ2) is 7.25. The van der Waals surface area contributed by atoms with Crippen LogP contribution in [0.15, 0.2) is 0 Å². The number of ether oxygens (including phenoxy) is 1. The fraction of sp³-hybridized carbons (Fsp3) is 1.00. The van der Waals surface area contributed by atoms with E-state index >= 15 is 0 Å². The molecule has 1 saturated carbocycles. The Labute approximate surface area is 101 Å². The predicted octanol–water partition coefficient (Wildman–Crippen LogP) is 1.87. The molecule has 1 fully saturated rings. The predicted molar refractivity (Wildman–Crippen MR) is 68.8 cm³/mol. The zero-order valence-electron chi connectivity index (χ0n) is 11.3. The van der Waals surface area contributed by atoms with Crippen LogP contribution in [0.1, 0.15) is 40.0 Å². The molecule has 1 unspecified atom stereocenters. The monoisotopic (exact) mass is 228 g/mol. The summed E-state index contributed by atoms with van der Waals surface area (Å²) in [5.41, 5.74) is 0. The Balaban J connectivity index is 2.18. The van der Waals surface area contributed by atoms with Gasteiger partial charge in [0.25, 0.3) is 0 Å². The lowest BCUT2D eigenvalue weighted by Crippen LogP contribution is -2.42. The maximum absolute atomic E-state index is 5.17. The van der Waals surface area contributed by atoms with Gasteiger partial charge in [-0.15, -0.1) is 0 Å². The number of nitrogens with zero attached hydrogens (tertiary/aromatic N) is 1. The Hall–Kier alpha value is -0.120. The first-order chi connectivity index (χ1) is 7.65. The Morgan fingerprint density at radius 3 is 2.50 bits per heavy atom. The highest BCUT2D eigenvalue weighted by molar-refractivity contribution is 4.81. The van der Waals surface area contributed by atoms with Crippen molar-refractivity contribution in [3.63, 3.8) is 0 Å². The first-order valence-corrected chi connectivity index (χ1v) is 6.63. The standard InChI is InChI=1S/C13H28N2O/c1-11(2)15(9-10-16-4)12(3)7-8-14-13-5-6-13/h11-14H,5-10H2,1-4H3. The van der Waals surface area contributed by atoms with Gasteiger partial charge in [-0.1, -0.05) is 0 Å². The summed E-state index contributed by atoms with van der Waals surface area (Å²) in [7, 11) is 1.78. The first kappa shape index (κ1) is 13.9. The lowest BCUT2D eigenvalue weighted by atomic mass is 10.1. The highest BCUT2D eigenvalue weighted by atomic mass is 16.5. The van der Waals surface area contributed by atoms with Crippen LogP contribution in [0.5, 0.6) is 0 Å². The maximum Gasteiger partial charge on any atom is 0.0589 e. The van der Waals surface area contributed by atoms with Gasteiger partial charge in [0.2, 0.25) is 0 Å². The molecule has 1 aliphatic rings. The van der Waals surface area contributed by atoms with Gasteiger partial charge in [-0.25, -0.2) is 0 Å². The lowest BCUT2D eigenvalue weighted by molar-refractivity contribution is 0.0982. The molecule has 0 amide bonds. The van der Waals surface area contributed by atoms with Gasteiger partial charge in [0.15, 0.2) is 0 Å². The molecular formula is C13H28N2O. The van der Waals surface area contributed by atoms with Gasteiger partial charge < -0.3 is 10.1 Å². The summed E-state index contributed by atoms with van der Waals surface area (Å²) in [5, 5.41) is 3.58. The summed E-state index contributed by atoms with van der Waals surface area (Å²) in [5.74, 6) is 0. The normalized spacial score (nSPS) is 18.4. The van der Waals surface area contributed by atoms with Gasteiger partial charge in [0.05, 0.1) is 6.61 Å². The van der Waals surface area contributed by atoms with Crippen molar-refractivity contribution in [1.29, 1.82) is 0 Å². The molecular weight excluding hydrogens is 200 g/mol. The fourth-order valence-electron chi connectivity index (χ4n) is 2.13. The van der Waals surface area contributed by atoms with E-state index in [1.165, 1.54) is 19.3 Å². The van der Waals surface area contributed by atoms with Crippen LogP contribution in [-0.2, 0) is 4.74 Å². The van der Waals surface area contributed by atoms with Gasteiger partial charge in [-0.3, -0.25) is 4.90 Å². The van der Waals surface area contributed by atoms with Gasteiger partial charge in [-0.05, 0) is 46.6 Å². The average Bonchev–Trinajstić information content (AvgIpc) is 3.02. The van der Waals surface area contributed by atoms with Crippen LogP contribution in [-0.4, -0.2) is 49.8 Å². The molecule has 1 N–H and O–H groups in total. The minimum Gasteiger partial charge on any atom is -0.383 e. The van der Waals surface area contributed by atoms with Crippen LogP contribution in [0.2, 0.25) is 0 Å². The van der Waals surface area contributed by atoms with E-state index in [0.717, 1.165) is 25.7 Å². The number of hydrogen-bond donors (Lipinski definition) is 1. The van der Waals surface area contributed by atoms with E-state index < -0.39 is 0 Å². The summed E-state index contributed by atoms with van der Waals surface area (Å²) >= 11 is 0. The van der Waals surface area contributed by atoms with E-state index in [4.69, 9.17) is 4.74 Å². The van der Waals surface area contributed by atoms with Gasteiger partial charge >= 0.3 is 0 Å². The van der Waals surface area contributed by atoms with E-state index in [1.807, 2.05) is 0 Å².